The number of hydrogen-bond donors (Lipinski definition) is 1. The van der Waals surface area contributed by atoms with E-state index in [1.165, 1.54) is 28.4 Å². The Balaban J connectivity index is 2.01. The summed E-state index contributed by atoms with van der Waals surface area (Å²) < 4.78 is 0. The molecule has 0 spiro atoms. The Kier molecular flexibility index (Phi) is 2.88. The molecule has 0 bridgehead atoms. The molecule has 1 heterocycles. The van der Waals surface area contributed by atoms with Gasteiger partial charge in [-0.15, -0.1) is 11.3 Å². The predicted octanol–water partition coefficient (Wildman–Crippen LogP) is 2.83. The fraction of sp³-hybridized carbons (Fsp3) is 0.727. The highest BCUT2D eigenvalue weighted by Crippen LogP contribution is 2.42. The summed E-state index contributed by atoms with van der Waals surface area (Å²) in [5.74, 6) is 0.798. The minimum absolute atomic E-state index is 0.556. The van der Waals surface area contributed by atoms with Crippen LogP contribution in [0, 0.1) is 6.92 Å². The molecule has 0 radical (unpaired) electrons. The normalized spacial score (nSPS) is 16.6. The van der Waals surface area contributed by atoms with Gasteiger partial charge in [0.25, 0.3) is 0 Å². The maximum absolute atomic E-state index is 4.63. The molecule has 1 aromatic rings. The first kappa shape index (κ1) is 10.1. The van der Waals surface area contributed by atoms with Crippen LogP contribution in [0.3, 0.4) is 0 Å². The smallest absolute Gasteiger partial charge is 0.0962 e. The summed E-state index contributed by atoms with van der Waals surface area (Å²) in [6.07, 6.45) is 2.70. The van der Waals surface area contributed by atoms with Gasteiger partial charge in [-0.05, 0) is 19.8 Å². The number of thiazole rings is 1. The number of nitrogens with zero attached hydrogens (tertiary/aromatic N) is 1. The predicted molar refractivity (Wildman–Crippen MR) is 60.8 cm³/mol. The number of hydrogen-bond acceptors (Lipinski definition) is 3. The van der Waals surface area contributed by atoms with Crippen molar-refractivity contribution in [2.45, 2.75) is 52.1 Å². The largest absolute Gasteiger partial charge is 0.310 e. The third-order valence-corrected chi connectivity index (χ3v) is 3.83. The third-order valence-electron chi connectivity index (χ3n) is 2.51. The summed E-state index contributed by atoms with van der Waals surface area (Å²) in [5, 5.41) is 4.81. The lowest BCUT2D eigenvalue weighted by atomic mass is 10.3. The van der Waals surface area contributed by atoms with Crippen LogP contribution in [0.2, 0.25) is 0 Å². The Hall–Kier alpha value is -0.410. The van der Waals surface area contributed by atoms with E-state index in [4.69, 9.17) is 0 Å². The van der Waals surface area contributed by atoms with E-state index >= 15 is 0 Å². The van der Waals surface area contributed by atoms with Gasteiger partial charge in [-0.3, -0.25) is 0 Å². The van der Waals surface area contributed by atoms with Gasteiger partial charge in [-0.2, -0.15) is 0 Å². The van der Waals surface area contributed by atoms with E-state index in [1.807, 2.05) is 11.3 Å². The number of aromatic nitrogens is 1. The molecule has 1 N–H and O–H groups in total. The molecule has 2 nitrogen and oxygen atoms in total. The first-order valence-electron chi connectivity index (χ1n) is 5.36. The monoisotopic (exact) mass is 210 g/mol. The first-order chi connectivity index (χ1) is 6.66. The Morgan fingerprint density at radius 3 is 2.79 bits per heavy atom. The summed E-state index contributed by atoms with van der Waals surface area (Å²) in [4.78, 5) is 6.05. The van der Waals surface area contributed by atoms with E-state index < -0.39 is 0 Å². The molecule has 1 fully saturated rings. The zero-order valence-electron chi connectivity index (χ0n) is 9.13. The van der Waals surface area contributed by atoms with E-state index in [-0.39, 0.29) is 0 Å². The van der Waals surface area contributed by atoms with Crippen LogP contribution in [0.15, 0.2) is 0 Å². The second-order valence-electron chi connectivity index (χ2n) is 4.37. The van der Waals surface area contributed by atoms with Crippen LogP contribution in [0.4, 0.5) is 0 Å². The van der Waals surface area contributed by atoms with Crippen molar-refractivity contribution in [3.05, 3.63) is 15.6 Å². The molecular formula is C11H18N2S. The van der Waals surface area contributed by atoms with Gasteiger partial charge < -0.3 is 5.32 Å². The minimum atomic E-state index is 0.556. The highest BCUT2D eigenvalue weighted by Gasteiger charge is 2.27. The van der Waals surface area contributed by atoms with Crippen molar-refractivity contribution in [3.63, 3.8) is 0 Å². The topological polar surface area (TPSA) is 24.9 Å². The van der Waals surface area contributed by atoms with Crippen LogP contribution >= 0.6 is 11.3 Å². The van der Waals surface area contributed by atoms with E-state index in [2.05, 4.69) is 31.1 Å². The minimum Gasteiger partial charge on any atom is -0.310 e. The van der Waals surface area contributed by atoms with Gasteiger partial charge in [0.05, 0.1) is 10.7 Å². The van der Waals surface area contributed by atoms with Gasteiger partial charge in [-0.25, -0.2) is 4.98 Å². The summed E-state index contributed by atoms with van der Waals surface area (Å²) in [7, 11) is 0. The summed E-state index contributed by atoms with van der Waals surface area (Å²) >= 11 is 1.90. The Labute approximate surface area is 89.8 Å². The van der Waals surface area contributed by atoms with Crippen LogP contribution < -0.4 is 5.32 Å². The van der Waals surface area contributed by atoms with E-state index in [1.54, 1.807) is 0 Å². The zero-order valence-corrected chi connectivity index (χ0v) is 9.95. The van der Waals surface area contributed by atoms with E-state index in [0.717, 1.165) is 12.5 Å². The van der Waals surface area contributed by atoms with Gasteiger partial charge in [-0.1, -0.05) is 13.8 Å². The Morgan fingerprint density at radius 2 is 2.21 bits per heavy atom. The second kappa shape index (κ2) is 3.99. The third kappa shape index (κ3) is 2.34. The lowest BCUT2D eigenvalue weighted by Crippen LogP contribution is -2.21. The number of aryl methyl sites for hydroxylation is 1. The second-order valence-corrected chi connectivity index (χ2v) is 5.49. The number of nitrogens with one attached hydrogen (secondary N) is 1. The maximum atomic E-state index is 4.63. The molecule has 1 aromatic heterocycles. The molecule has 14 heavy (non-hydrogen) atoms. The van der Waals surface area contributed by atoms with E-state index in [0.29, 0.717) is 6.04 Å². The van der Waals surface area contributed by atoms with Crippen LogP contribution in [0.1, 0.15) is 48.2 Å². The summed E-state index contributed by atoms with van der Waals surface area (Å²) in [5.41, 5.74) is 1.23. The van der Waals surface area contributed by atoms with Crippen LogP contribution in [-0.2, 0) is 6.54 Å². The van der Waals surface area contributed by atoms with Crippen molar-refractivity contribution in [1.29, 1.82) is 0 Å². The Morgan fingerprint density at radius 1 is 1.50 bits per heavy atom. The van der Waals surface area contributed by atoms with Crippen LogP contribution in [0.25, 0.3) is 0 Å². The molecule has 1 aliphatic rings. The molecule has 1 saturated carbocycles. The molecule has 1 aliphatic carbocycles. The SMILES string of the molecule is Cc1nc(C2CC2)sc1CNC(C)C. The number of rotatable bonds is 4. The molecule has 78 valence electrons. The lowest BCUT2D eigenvalue weighted by molar-refractivity contribution is 0.591. The van der Waals surface area contributed by atoms with Crippen molar-refractivity contribution in [2.24, 2.45) is 0 Å². The fourth-order valence-corrected chi connectivity index (χ4v) is 2.60. The van der Waals surface area contributed by atoms with E-state index in [9.17, 15) is 0 Å². The van der Waals surface area contributed by atoms with Gasteiger partial charge in [0.15, 0.2) is 0 Å². The van der Waals surface area contributed by atoms with Crippen molar-refractivity contribution in [3.8, 4) is 0 Å². The zero-order chi connectivity index (χ0) is 10.1. The molecular weight excluding hydrogens is 192 g/mol. The summed E-state index contributed by atoms with van der Waals surface area (Å²) in [6, 6.07) is 0.556. The maximum Gasteiger partial charge on any atom is 0.0962 e. The van der Waals surface area contributed by atoms with Crippen molar-refractivity contribution < 1.29 is 0 Å². The summed E-state index contributed by atoms with van der Waals surface area (Å²) in [6.45, 7) is 7.46. The van der Waals surface area contributed by atoms with Crippen molar-refractivity contribution in [2.75, 3.05) is 0 Å². The molecule has 0 aliphatic heterocycles. The van der Waals surface area contributed by atoms with Crippen LogP contribution in [0.5, 0.6) is 0 Å². The molecule has 0 atom stereocenters. The molecule has 3 heteroatoms. The average molecular weight is 210 g/mol. The van der Waals surface area contributed by atoms with Crippen LogP contribution in [-0.4, -0.2) is 11.0 Å². The molecule has 0 amide bonds. The van der Waals surface area contributed by atoms with Crippen molar-refractivity contribution in [1.82, 2.24) is 10.3 Å². The highest BCUT2D eigenvalue weighted by molar-refractivity contribution is 7.11. The van der Waals surface area contributed by atoms with Gasteiger partial charge >= 0.3 is 0 Å². The van der Waals surface area contributed by atoms with Crippen molar-refractivity contribution >= 4 is 11.3 Å². The standard InChI is InChI=1S/C11H18N2S/c1-7(2)12-6-10-8(3)13-11(14-10)9-4-5-9/h7,9,12H,4-6H2,1-3H3. The molecule has 0 aromatic carbocycles. The van der Waals surface area contributed by atoms with Gasteiger partial charge in [0.2, 0.25) is 0 Å². The first-order valence-corrected chi connectivity index (χ1v) is 6.18. The molecule has 0 unspecified atom stereocenters. The highest BCUT2D eigenvalue weighted by atomic mass is 32.1. The molecule has 0 saturated heterocycles. The fourth-order valence-electron chi connectivity index (χ4n) is 1.42. The lowest BCUT2D eigenvalue weighted by Gasteiger charge is -2.05. The quantitative estimate of drug-likeness (QED) is 0.826. The average Bonchev–Trinajstić information content (AvgIpc) is 2.88. The Bertz CT molecular complexity index is 313. The van der Waals surface area contributed by atoms with Gasteiger partial charge in [0, 0.05) is 23.4 Å². The van der Waals surface area contributed by atoms with Gasteiger partial charge in [0.1, 0.15) is 0 Å². The molecule has 2 rings (SSSR count).